The van der Waals surface area contributed by atoms with Gasteiger partial charge < -0.3 is 20.1 Å². The average molecular weight is 468 g/mol. The van der Waals surface area contributed by atoms with Gasteiger partial charge in [-0.05, 0) is 42.3 Å². The van der Waals surface area contributed by atoms with E-state index in [4.69, 9.17) is 9.47 Å². The Balaban J connectivity index is 1.48. The number of rotatable bonds is 7. The smallest absolute Gasteiger partial charge is 0.255 e. The van der Waals surface area contributed by atoms with Crippen LogP contribution < -0.4 is 20.1 Å². The van der Waals surface area contributed by atoms with Crippen molar-refractivity contribution in [3.63, 3.8) is 0 Å². The zero-order chi connectivity index (χ0) is 24.2. The Bertz CT molecular complexity index is 1380. The van der Waals surface area contributed by atoms with E-state index in [0.717, 1.165) is 11.1 Å². The van der Waals surface area contributed by atoms with E-state index in [9.17, 15) is 4.79 Å². The summed E-state index contributed by atoms with van der Waals surface area (Å²) in [6.07, 6.45) is 1.47. The number of anilines is 2. The number of hydrogen-bond acceptors (Lipinski definition) is 6. The number of benzene rings is 3. The summed E-state index contributed by atoms with van der Waals surface area (Å²) in [5.74, 6) is 1.59. The summed E-state index contributed by atoms with van der Waals surface area (Å²) in [6, 6.07) is 24.5. The molecule has 0 spiro atoms. The molecule has 3 aromatic carbocycles. The topological polar surface area (TPSA) is 90.3 Å². The molecule has 0 fully saturated rings. The van der Waals surface area contributed by atoms with E-state index in [1.54, 1.807) is 23.9 Å². The number of para-hydroxylation sites is 2. The van der Waals surface area contributed by atoms with Gasteiger partial charge in [-0.15, -0.1) is 0 Å². The number of allylic oxidation sites excluding steroid dienone is 1. The minimum atomic E-state index is -0.497. The zero-order valence-electron chi connectivity index (χ0n) is 19.4. The SMILES string of the molecule is COc1ccccc1NC(=O)C1=C(C)Nc2ncnn2[C@H]1c1cccc(OCc2ccccc2)c1. The van der Waals surface area contributed by atoms with Gasteiger partial charge in [-0.3, -0.25) is 4.79 Å². The number of nitrogens with one attached hydrogen (secondary N) is 2. The van der Waals surface area contributed by atoms with Crippen molar-refractivity contribution in [2.75, 3.05) is 17.7 Å². The van der Waals surface area contributed by atoms with Crippen molar-refractivity contribution in [1.82, 2.24) is 14.8 Å². The van der Waals surface area contributed by atoms with Gasteiger partial charge in [0.2, 0.25) is 5.95 Å². The Morgan fingerprint density at radius 2 is 1.86 bits per heavy atom. The lowest BCUT2D eigenvalue weighted by molar-refractivity contribution is -0.113. The third-order valence-corrected chi connectivity index (χ3v) is 5.82. The van der Waals surface area contributed by atoms with E-state index < -0.39 is 6.04 Å². The van der Waals surface area contributed by atoms with Crippen molar-refractivity contribution in [2.24, 2.45) is 0 Å². The van der Waals surface area contributed by atoms with Gasteiger partial charge in [0.15, 0.2) is 0 Å². The van der Waals surface area contributed by atoms with E-state index >= 15 is 0 Å². The molecule has 1 aromatic heterocycles. The molecule has 1 atom stereocenters. The molecule has 2 heterocycles. The van der Waals surface area contributed by atoms with Crippen molar-refractivity contribution in [3.05, 3.63) is 108 Å². The Kier molecular flexibility index (Phi) is 6.17. The first kappa shape index (κ1) is 22.2. The van der Waals surface area contributed by atoms with Crippen LogP contribution in [-0.2, 0) is 11.4 Å². The molecule has 5 rings (SSSR count). The number of methoxy groups -OCH3 is 1. The minimum Gasteiger partial charge on any atom is -0.495 e. The molecule has 0 bridgehead atoms. The van der Waals surface area contributed by atoms with Gasteiger partial charge in [-0.25, -0.2) is 4.68 Å². The maximum absolute atomic E-state index is 13.6. The summed E-state index contributed by atoms with van der Waals surface area (Å²) < 4.78 is 13.2. The summed E-state index contributed by atoms with van der Waals surface area (Å²) in [6.45, 7) is 2.30. The predicted octanol–water partition coefficient (Wildman–Crippen LogP) is 4.79. The molecule has 0 unspecified atom stereocenters. The molecule has 35 heavy (non-hydrogen) atoms. The molecule has 2 N–H and O–H groups in total. The lowest BCUT2D eigenvalue weighted by Crippen LogP contribution is -2.31. The fourth-order valence-corrected chi connectivity index (χ4v) is 4.15. The summed E-state index contributed by atoms with van der Waals surface area (Å²) in [4.78, 5) is 17.9. The molecule has 1 amide bonds. The quantitative estimate of drug-likeness (QED) is 0.406. The largest absolute Gasteiger partial charge is 0.495 e. The Morgan fingerprint density at radius 1 is 1.06 bits per heavy atom. The fraction of sp³-hybridized carbons (Fsp3) is 0.148. The number of nitrogens with zero attached hydrogens (tertiary/aromatic N) is 3. The lowest BCUT2D eigenvalue weighted by Gasteiger charge is -2.29. The van der Waals surface area contributed by atoms with Gasteiger partial charge in [-0.2, -0.15) is 10.1 Å². The monoisotopic (exact) mass is 467 g/mol. The van der Waals surface area contributed by atoms with Crippen LogP contribution in [0.2, 0.25) is 0 Å². The highest BCUT2D eigenvalue weighted by Crippen LogP contribution is 2.37. The molecule has 1 aliphatic heterocycles. The first-order chi connectivity index (χ1) is 17.1. The van der Waals surface area contributed by atoms with Crippen LogP contribution in [0.4, 0.5) is 11.6 Å². The predicted molar refractivity (Wildman–Crippen MR) is 133 cm³/mol. The number of carbonyl (C=O) groups is 1. The molecular weight excluding hydrogens is 442 g/mol. The molecular formula is C27H25N5O3. The number of ether oxygens (including phenoxy) is 2. The minimum absolute atomic E-state index is 0.263. The number of hydrogen-bond donors (Lipinski definition) is 2. The second-order valence-corrected chi connectivity index (χ2v) is 8.10. The summed E-state index contributed by atoms with van der Waals surface area (Å²) in [5, 5.41) is 10.6. The molecule has 176 valence electrons. The number of carbonyl (C=O) groups excluding carboxylic acids is 1. The highest BCUT2D eigenvalue weighted by atomic mass is 16.5. The van der Waals surface area contributed by atoms with Crippen LogP contribution in [0.25, 0.3) is 0 Å². The van der Waals surface area contributed by atoms with Crippen molar-refractivity contribution >= 4 is 17.5 Å². The third-order valence-electron chi connectivity index (χ3n) is 5.82. The van der Waals surface area contributed by atoms with E-state index in [1.165, 1.54) is 6.33 Å². The molecule has 0 aliphatic carbocycles. The van der Waals surface area contributed by atoms with Crippen LogP contribution in [0.1, 0.15) is 24.1 Å². The summed E-state index contributed by atoms with van der Waals surface area (Å²) in [7, 11) is 1.57. The molecule has 0 radical (unpaired) electrons. The molecule has 4 aromatic rings. The van der Waals surface area contributed by atoms with Gasteiger partial charge in [0.1, 0.15) is 30.5 Å². The summed E-state index contributed by atoms with van der Waals surface area (Å²) >= 11 is 0. The van der Waals surface area contributed by atoms with Crippen molar-refractivity contribution < 1.29 is 14.3 Å². The Hall–Kier alpha value is -4.59. The van der Waals surface area contributed by atoms with Gasteiger partial charge >= 0.3 is 0 Å². The van der Waals surface area contributed by atoms with Gasteiger partial charge in [0.25, 0.3) is 5.91 Å². The molecule has 8 nitrogen and oxygen atoms in total. The van der Waals surface area contributed by atoms with Crippen LogP contribution in [0.5, 0.6) is 11.5 Å². The first-order valence-electron chi connectivity index (χ1n) is 11.2. The second-order valence-electron chi connectivity index (χ2n) is 8.10. The second kappa shape index (κ2) is 9.72. The molecule has 0 saturated heterocycles. The summed E-state index contributed by atoms with van der Waals surface area (Å²) in [5.41, 5.74) is 3.73. The van der Waals surface area contributed by atoms with E-state index in [0.29, 0.717) is 41.0 Å². The van der Waals surface area contributed by atoms with Crippen molar-refractivity contribution in [3.8, 4) is 11.5 Å². The van der Waals surface area contributed by atoms with Crippen molar-refractivity contribution in [1.29, 1.82) is 0 Å². The van der Waals surface area contributed by atoms with Crippen LogP contribution in [0.3, 0.4) is 0 Å². The van der Waals surface area contributed by atoms with Crippen molar-refractivity contribution in [2.45, 2.75) is 19.6 Å². The number of fused-ring (bicyclic) bond motifs is 1. The highest BCUT2D eigenvalue weighted by Gasteiger charge is 2.34. The average Bonchev–Trinajstić information content (AvgIpc) is 3.35. The maximum Gasteiger partial charge on any atom is 0.255 e. The van der Waals surface area contributed by atoms with Gasteiger partial charge in [0, 0.05) is 5.70 Å². The van der Waals surface area contributed by atoms with E-state index in [1.807, 2.05) is 73.7 Å². The van der Waals surface area contributed by atoms with Crippen LogP contribution in [0, 0.1) is 0 Å². The molecule has 8 heteroatoms. The third kappa shape index (κ3) is 4.59. The zero-order valence-corrected chi connectivity index (χ0v) is 19.4. The highest BCUT2D eigenvalue weighted by molar-refractivity contribution is 6.06. The van der Waals surface area contributed by atoms with E-state index in [-0.39, 0.29) is 5.91 Å². The van der Waals surface area contributed by atoms with Gasteiger partial charge in [-0.1, -0.05) is 54.6 Å². The normalized spacial score (nSPS) is 14.6. The molecule has 1 aliphatic rings. The number of aromatic nitrogens is 3. The van der Waals surface area contributed by atoms with Crippen LogP contribution in [-0.4, -0.2) is 27.8 Å². The molecule has 0 saturated carbocycles. The Morgan fingerprint density at radius 3 is 2.69 bits per heavy atom. The number of amides is 1. The standard InChI is InChI=1S/C27H25N5O3/c1-18-24(26(33)31-22-13-6-7-14-23(22)34-2)25(32-27(30-18)28-17-29-32)20-11-8-12-21(15-20)35-16-19-9-4-3-5-10-19/h3-15,17,25H,16H2,1-2H3,(H,31,33)(H,28,29,30)/t25-/m0/s1. The van der Waals surface area contributed by atoms with Crippen LogP contribution in [0.15, 0.2) is 96.5 Å². The lowest BCUT2D eigenvalue weighted by atomic mass is 9.94. The maximum atomic E-state index is 13.6. The van der Waals surface area contributed by atoms with E-state index in [2.05, 4.69) is 20.7 Å². The fourth-order valence-electron chi connectivity index (χ4n) is 4.15. The first-order valence-corrected chi connectivity index (χ1v) is 11.2. The van der Waals surface area contributed by atoms with Gasteiger partial charge in [0.05, 0.1) is 18.4 Å². The Labute approximate surface area is 203 Å². The van der Waals surface area contributed by atoms with Crippen LogP contribution >= 0.6 is 0 Å².